The molecule has 0 saturated heterocycles. The molecule has 2 rings (SSSR count). The molecule has 0 fully saturated rings. The van der Waals surface area contributed by atoms with Crippen LogP contribution in [0.15, 0.2) is 29.7 Å². The molecule has 2 aromatic heterocycles. The van der Waals surface area contributed by atoms with Crippen molar-refractivity contribution in [1.82, 2.24) is 19.7 Å². The van der Waals surface area contributed by atoms with E-state index in [-0.39, 0.29) is 0 Å². The van der Waals surface area contributed by atoms with Crippen molar-refractivity contribution in [1.29, 1.82) is 0 Å². The number of hydrogen-bond acceptors (Lipinski definition) is 5. The van der Waals surface area contributed by atoms with E-state index < -0.39 is 0 Å². The van der Waals surface area contributed by atoms with Crippen LogP contribution in [0, 0.1) is 0 Å². The summed E-state index contributed by atoms with van der Waals surface area (Å²) in [5.41, 5.74) is 0.930. The van der Waals surface area contributed by atoms with Gasteiger partial charge in [-0.05, 0) is 19.1 Å². The average molecular weight is 248 g/mol. The first-order valence-electron chi connectivity index (χ1n) is 5.26. The number of aromatic nitrogens is 4. The third-order valence-corrected chi connectivity index (χ3v) is 3.10. The maximum absolute atomic E-state index is 10.4. The Hall–Kier alpha value is -1.69. The number of nitrogens with zero attached hydrogens (tertiary/aromatic N) is 4. The summed E-state index contributed by atoms with van der Waals surface area (Å²) in [6.45, 7) is 2.78. The summed E-state index contributed by atoms with van der Waals surface area (Å²) in [7, 11) is 0. The molecule has 0 aliphatic rings. The molecule has 0 amide bonds. The monoisotopic (exact) mass is 248 g/mol. The van der Waals surface area contributed by atoms with Crippen molar-refractivity contribution < 1.29 is 4.79 Å². The Kier molecular flexibility index (Phi) is 3.87. The molecular weight excluding hydrogens is 236 g/mol. The van der Waals surface area contributed by atoms with E-state index in [0.717, 1.165) is 29.4 Å². The van der Waals surface area contributed by atoms with Crippen LogP contribution in [-0.4, -0.2) is 31.8 Å². The van der Waals surface area contributed by atoms with E-state index in [1.54, 1.807) is 12.4 Å². The van der Waals surface area contributed by atoms with Crippen molar-refractivity contribution in [3.05, 3.63) is 24.5 Å². The first kappa shape index (κ1) is 11.8. The Morgan fingerprint density at radius 2 is 2.35 bits per heavy atom. The molecule has 0 spiro atoms. The third kappa shape index (κ3) is 2.52. The van der Waals surface area contributed by atoms with Crippen LogP contribution in [0.5, 0.6) is 0 Å². The molecule has 6 heteroatoms. The fourth-order valence-electron chi connectivity index (χ4n) is 1.50. The molecular formula is C11H12N4OS. The van der Waals surface area contributed by atoms with Gasteiger partial charge in [0.25, 0.3) is 0 Å². The summed E-state index contributed by atoms with van der Waals surface area (Å²) < 4.78 is 1.98. The molecule has 0 bridgehead atoms. The van der Waals surface area contributed by atoms with Gasteiger partial charge in [0.2, 0.25) is 0 Å². The number of carbonyl (C=O) groups is 1. The molecule has 17 heavy (non-hydrogen) atoms. The van der Waals surface area contributed by atoms with Gasteiger partial charge >= 0.3 is 0 Å². The number of aldehydes is 1. The molecule has 0 radical (unpaired) electrons. The highest BCUT2D eigenvalue weighted by Crippen LogP contribution is 2.22. The molecule has 0 saturated carbocycles. The van der Waals surface area contributed by atoms with Crippen LogP contribution in [0.3, 0.4) is 0 Å². The van der Waals surface area contributed by atoms with Crippen molar-refractivity contribution >= 4 is 18.0 Å². The average Bonchev–Trinajstić information content (AvgIpc) is 2.80. The molecule has 0 aromatic carbocycles. The summed E-state index contributed by atoms with van der Waals surface area (Å²) in [5.74, 6) is 1.18. The standard InChI is InChI=1S/C11H12N4OS/c1-2-15-10(9-4-3-5-12-8-9)13-14-11(15)17-7-6-16/h3-6,8H,2,7H2,1H3. The van der Waals surface area contributed by atoms with Gasteiger partial charge in [0.1, 0.15) is 6.29 Å². The smallest absolute Gasteiger partial charge is 0.191 e. The predicted molar refractivity (Wildman–Crippen MR) is 65.7 cm³/mol. The normalized spacial score (nSPS) is 10.4. The lowest BCUT2D eigenvalue weighted by atomic mass is 10.3. The highest BCUT2D eigenvalue weighted by molar-refractivity contribution is 7.99. The van der Waals surface area contributed by atoms with Crippen molar-refractivity contribution in [2.75, 3.05) is 5.75 Å². The van der Waals surface area contributed by atoms with E-state index in [2.05, 4.69) is 15.2 Å². The molecule has 5 nitrogen and oxygen atoms in total. The molecule has 0 unspecified atom stereocenters. The molecule has 2 aromatic rings. The Labute approximate surface area is 103 Å². The SMILES string of the molecule is CCn1c(SCC=O)nnc1-c1cccnc1. The van der Waals surface area contributed by atoms with Crippen LogP contribution in [0.25, 0.3) is 11.4 Å². The largest absolute Gasteiger partial charge is 0.302 e. The quantitative estimate of drug-likeness (QED) is 0.594. The van der Waals surface area contributed by atoms with Crippen LogP contribution in [0.4, 0.5) is 0 Å². The number of carbonyl (C=O) groups excluding carboxylic acids is 1. The first-order chi connectivity index (χ1) is 8.36. The van der Waals surface area contributed by atoms with Gasteiger partial charge in [-0.25, -0.2) is 0 Å². The van der Waals surface area contributed by atoms with Crippen molar-refractivity contribution in [3.63, 3.8) is 0 Å². The zero-order valence-electron chi connectivity index (χ0n) is 9.41. The zero-order valence-corrected chi connectivity index (χ0v) is 10.2. The van der Waals surface area contributed by atoms with Gasteiger partial charge in [0.15, 0.2) is 11.0 Å². The predicted octanol–water partition coefficient (Wildman–Crippen LogP) is 1.65. The second-order valence-corrected chi connectivity index (χ2v) is 4.26. The summed E-state index contributed by atoms with van der Waals surface area (Å²) in [6.07, 6.45) is 4.34. The summed E-state index contributed by atoms with van der Waals surface area (Å²) in [6, 6.07) is 3.81. The fourth-order valence-corrected chi connectivity index (χ4v) is 2.18. The molecule has 88 valence electrons. The Morgan fingerprint density at radius 3 is 3.00 bits per heavy atom. The number of thioether (sulfide) groups is 1. The minimum Gasteiger partial charge on any atom is -0.302 e. The van der Waals surface area contributed by atoms with Crippen LogP contribution < -0.4 is 0 Å². The highest BCUT2D eigenvalue weighted by Gasteiger charge is 2.12. The second kappa shape index (κ2) is 5.58. The van der Waals surface area contributed by atoms with Gasteiger partial charge in [-0.2, -0.15) is 0 Å². The first-order valence-corrected chi connectivity index (χ1v) is 6.25. The Bertz CT molecular complexity index is 497. The van der Waals surface area contributed by atoms with Crippen LogP contribution in [-0.2, 0) is 11.3 Å². The van der Waals surface area contributed by atoms with Gasteiger partial charge in [-0.3, -0.25) is 4.98 Å². The van der Waals surface area contributed by atoms with Crippen molar-refractivity contribution in [2.45, 2.75) is 18.6 Å². The maximum atomic E-state index is 10.4. The van der Waals surface area contributed by atoms with Crippen molar-refractivity contribution in [2.24, 2.45) is 0 Å². The van der Waals surface area contributed by atoms with Crippen LogP contribution >= 0.6 is 11.8 Å². The van der Waals surface area contributed by atoms with Gasteiger partial charge < -0.3 is 9.36 Å². The second-order valence-electron chi connectivity index (χ2n) is 3.27. The lowest BCUT2D eigenvalue weighted by Crippen LogP contribution is -2.00. The topological polar surface area (TPSA) is 60.7 Å². The maximum Gasteiger partial charge on any atom is 0.191 e. The fraction of sp³-hybridized carbons (Fsp3) is 0.273. The van der Waals surface area contributed by atoms with Gasteiger partial charge in [0, 0.05) is 24.5 Å². The van der Waals surface area contributed by atoms with E-state index in [9.17, 15) is 4.79 Å². The number of pyridine rings is 1. The van der Waals surface area contributed by atoms with Gasteiger partial charge in [-0.1, -0.05) is 11.8 Å². The molecule has 0 aliphatic carbocycles. The lowest BCUT2D eigenvalue weighted by Gasteiger charge is -2.05. The van der Waals surface area contributed by atoms with E-state index in [0.29, 0.717) is 5.75 Å². The zero-order chi connectivity index (χ0) is 12.1. The lowest BCUT2D eigenvalue weighted by molar-refractivity contribution is -0.105. The minimum atomic E-state index is 0.394. The van der Waals surface area contributed by atoms with Gasteiger partial charge in [0.05, 0.1) is 5.75 Å². The molecule has 0 atom stereocenters. The van der Waals surface area contributed by atoms with E-state index in [4.69, 9.17) is 0 Å². The van der Waals surface area contributed by atoms with E-state index >= 15 is 0 Å². The van der Waals surface area contributed by atoms with Gasteiger partial charge in [-0.15, -0.1) is 10.2 Å². The highest BCUT2D eigenvalue weighted by atomic mass is 32.2. The van der Waals surface area contributed by atoms with Crippen molar-refractivity contribution in [3.8, 4) is 11.4 Å². The van der Waals surface area contributed by atoms with Crippen LogP contribution in [0.1, 0.15) is 6.92 Å². The number of rotatable bonds is 5. The summed E-state index contributed by atoms with van der Waals surface area (Å²) in [5, 5.41) is 9.00. The van der Waals surface area contributed by atoms with E-state index in [1.165, 1.54) is 11.8 Å². The summed E-state index contributed by atoms with van der Waals surface area (Å²) >= 11 is 1.39. The van der Waals surface area contributed by atoms with Crippen LogP contribution in [0.2, 0.25) is 0 Å². The minimum absolute atomic E-state index is 0.394. The van der Waals surface area contributed by atoms with E-state index in [1.807, 2.05) is 23.6 Å². The third-order valence-electron chi connectivity index (χ3n) is 2.23. The molecule has 2 heterocycles. The molecule has 0 N–H and O–H groups in total. The Balaban J connectivity index is 2.35. The summed E-state index contributed by atoms with van der Waals surface area (Å²) in [4.78, 5) is 14.4. The number of hydrogen-bond donors (Lipinski definition) is 0. The molecule has 0 aliphatic heterocycles. The Morgan fingerprint density at radius 1 is 1.47 bits per heavy atom.